The first kappa shape index (κ1) is 52.9. The minimum Gasteiger partial charge on any atom is -0.463 e. The van der Waals surface area contributed by atoms with E-state index in [4.69, 9.17) is 14.2 Å². The number of carbonyl (C=O) groups excluding carboxylic acids is 1. The zero-order valence-corrected chi connectivity index (χ0v) is 41.6. The molecule has 7 heteroatoms. The van der Waals surface area contributed by atoms with Gasteiger partial charge in [0.2, 0.25) is 0 Å². The number of ether oxygens (including phenoxy) is 3. The van der Waals surface area contributed by atoms with Gasteiger partial charge in [-0.25, -0.2) is 0 Å². The minimum absolute atomic E-state index is 0.149. The summed E-state index contributed by atoms with van der Waals surface area (Å²) in [7, 11) is 0. The predicted molar refractivity (Wildman–Crippen MR) is 262 cm³/mol. The van der Waals surface area contributed by atoms with E-state index in [2.05, 4.69) is 103 Å². The Morgan fingerprint density at radius 2 is 1.45 bits per heavy atom. The second kappa shape index (κ2) is 26.5. The highest BCUT2D eigenvalue weighted by atomic mass is 16.7. The van der Waals surface area contributed by atoms with Crippen molar-refractivity contribution in [2.24, 2.45) is 52.3 Å². The number of carbonyl (C=O) groups is 1. The molecule has 364 valence electrons. The van der Waals surface area contributed by atoms with Gasteiger partial charge in [0.1, 0.15) is 31.0 Å². The van der Waals surface area contributed by atoms with E-state index in [0.29, 0.717) is 17.8 Å². The molecule has 7 nitrogen and oxygen atoms in total. The van der Waals surface area contributed by atoms with Crippen molar-refractivity contribution >= 4 is 5.97 Å². The molecule has 1 saturated heterocycles. The fourth-order valence-electron chi connectivity index (χ4n) is 13.3. The minimum atomic E-state index is -1.45. The zero-order valence-electron chi connectivity index (χ0n) is 41.6. The van der Waals surface area contributed by atoms with E-state index in [1.165, 1.54) is 63.4 Å². The zero-order chi connectivity index (χ0) is 46.1. The Hall–Kier alpha value is -2.03. The molecule has 0 aromatic heterocycles. The quantitative estimate of drug-likeness (QED) is 0.0451. The van der Waals surface area contributed by atoms with Crippen molar-refractivity contribution in [1.82, 2.24) is 0 Å². The van der Waals surface area contributed by atoms with E-state index in [1.807, 2.05) is 0 Å². The summed E-state index contributed by atoms with van der Waals surface area (Å²) in [6.07, 6.45) is 39.2. The van der Waals surface area contributed by atoms with Crippen LogP contribution in [0.25, 0.3) is 0 Å². The Bertz CT molecular complexity index is 1530. The smallest absolute Gasteiger partial charge is 0.305 e. The van der Waals surface area contributed by atoms with E-state index in [0.717, 1.165) is 119 Å². The molecule has 0 aromatic carbocycles. The van der Waals surface area contributed by atoms with Crippen LogP contribution in [0, 0.1) is 52.3 Å². The topological polar surface area (TPSA) is 105 Å². The third-order valence-corrected chi connectivity index (χ3v) is 17.4. The van der Waals surface area contributed by atoms with Crippen LogP contribution < -0.4 is 0 Å². The predicted octanol–water partition coefficient (Wildman–Crippen LogP) is 13.3. The van der Waals surface area contributed by atoms with Gasteiger partial charge in [0, 0.05) is 6.42 Å². The normalized spacial score (nSPS) is 35.3. The Balaban J connectivity index is 0.983. The molecule has 64 heavy (non-hydrogen) atoms. The average molecular weight is 891 g/mol. The molecule has 5 aliphatic rings. The number of rotatable bonds is 26. The summed E-state index contributed by atoms with van der Waals surface area (Å²) in [6.45, 7) is 16.9. The molecule has 0 aromatic rings. The standard InChI is InChI=1S/C57H94O7/c1-8-10-11-12-13-14-15-16-17-18-19-20-21-22-23-24-25-26-27-28-51(58)62-40-50-52(59)53(60)54(61)55(64-50)63-45-35-37-56(6)44(39-45)31-32-46-48-34-33-47(57(48,7)38-36-49(46)56)42(5)29-30-43(9-2)41(3)4/h10-11,13-14,16-17,19-20,31,41-43,45-50,52-55,59-61H,8-9,12,15,18,21-30,32-40H2,1-7H3/b11-10-,14-13-,17-16-,20-19-. The van der Waals surface area contributed by atoms with Gasteiger partial charge in [0.15, 0.2) is 6.29 Å². The van der Waals surface area contributed by atoms with Crippen molar-refractivity contribution in [2.45, 2.75) is 233 Å². The molecule has 1 aliphatic heterocycles. The van der Waals surface area contributed by atoms with Crippen LogP contribution in [0.4, 0.5) is 0 Å². The Morgan fingerprint density at radius 3 is 2.14 bits per heavy atom. The second-order valence-electron chi connectivity index (χ2n) is 21.8. The van der Waals surface area contributed by atoms with Crippen molar-refractivity contribution < 1.29 is 34.3 Å². The first-order valence-electron chi connectivity index (χ1n) is 26.6. The Morgan fingerprint density at radius 1 is 0.781 bits per heavy atom. The summed E-state index contributed by atoms with van der Waals surface area (Å²) in [4.78, 5) is 12.7. The van der Waals surface area contributed by atoms with Gasteiger partial charge in [0.05, 0.1) is 6.10 Å². The highest BCUT2D eigenvalue weighted by molar-refractivity contribution is 5.69. The van der Waals surface area contributed by atoms with Crippen LogP contribution >= 0.6 is 0 Å². The SMILES string of the molecule is CC/C=C\C/C=C\C/C=C\C/C=C\CCCCCCCCC(=O)OCC1OC(OC2CCC3(C)C(=CCC4C3CCC3(C)C(C(C)CCC(CC)C(C)C)CCC43)C2)C(O)C(O)C1O. The molecule has 14 unspecified atom stereocenters. The fraction of sp³-hybridized carbons (Fsp3) is 0.807. The van der Waals surface area contributed by atoms with Crippen LogP contribution in [0.2, 0.25) is 0 Å². The van der Waals surface area contributed by atoms with Gasteiger partial charge in [-0.1, -0.05) is 147 Å². The lowest BCUT2D eigenvalue weighted by Gasteiger charge is -2.58. The van der Waals surface area contributed by atoms with Gasteiger partial charge in [0.25, 0.3) is 0 Å². The number of aliphatic hydroxyl groups is 3. The number of hydrogen-bond acceptors (Lipinski definition) is 7. The Labute approximate surface area is 391 Å². The first-order chi connectivity index (χ1) is 30.8. The number of esters is 1. The van der Waals surface area contributed by atoms with E-state index in [-0.39, 0.29) is 24.1 Å². The van der Waals surface area contributed by atoms with Crippen LogP contribution in [-0.2, 0) is 19.0 Å². The molecule has 0 spiro atoms. The molecule has 0 bridgehead atoms. The third-order valence-electron chi connectivity index (χ3n) is 17.4. The van der Waals surface area contributed by atoms with Crippen LogP contribution in [0.3, 0.4) is 0 Å². The molecule has 3 N–H and O–H groups in total. The average Bonchev–Trinajstić information content (AvgIpc) is 3.64. The van der Waals surface area contributed by atoms with Crippen molar-refractivity contribution in [3.63, 3.8) is 0 Å². The summed E-state index contributed by atoms with van der Waals surface area (Å²) in [6, 6.07) is 0. The van der Waals surface area contributed by atoms with Gasteiger partial charge in [-0.2, -0.15) is 0 Å². The summed E-state index contributed by atoms with van der Waals surface area (Å²) >= 11 is 0. The van der Waals surface area contributed by atoms with E-state index in [9.17, 15) is 20.1 Å². The van der Waals surface area contributed by atoms with Gasteiger partial charge < -0.3 is 29.5 Å². The lowest BCUT2D eigenvalue weighted by molar-refractivity contribution is -0.313. The third kappa shape index (κ3) is 14.3. The molecule has 4 aliphatic carbocycles. The van der Waals surface area contributed by atoms with Gasteiger partial charge in [-0.15, -0.1) is 0 Å². The van der Waals surface area contributed by atoms with Crippen LogP contribution in [0.15, 0.2) is 60.3 Å². The maximum atomic E-state index is 12.7. The van der Waals surface area contributed by atoms with Crippen molar-refractivity contribution in [3.05, 3.63) is 60.3 Å². The second-order valence-corrected chi connectivity index (χ2v) is 21.8. The lowest BCUT2D eigenvalue weighted by Crippen LogP contribution is -2.60. The lowest BCUT2D eigenvalue weighted by atomic mass is 9.47. The van der Waals surface area contributed by atoms with Crippen LogP contribution in [-0.4, -0.2) is 64.7 Å². The van der Waals surface area contributed by atoms with Crippen LogP contribution in [0.5, 0.6) is 0 Å². The number of hydrogen-bond donors (Lipinski definition) is 3. The molecule has 14 atom stereocenters. The summed E-state index contributed by atoms with van der Waals surface area (Å²) in [5.74, 6) is 5.18. The van der Waals surface area contributed by atoms with Gasteiger partial charge in [-0.05, 0) is 155 Å². The molecule has 1 heterocycles. The number of aliphatic hydroxyl groups excluding tert-OH is 3. The number of unbranched alkanes of at least 4 members (excludes halogenated alkanes) is 6. The molecule has 4 fully saturated rings. The monoisotopic (exact) mass is 891 g/mol. The van der Waals surface area contributed by atoms with Crippen molar-refractivity contribution in [3.8, 4) is 0 Å². The van der Waals surface area contributed by atoms with Crippen molar-refractivity contribution in [1.29, 1.82) is 0 Å². The molecular formula is C57H94O7. The first-order valence-corrected chi connectivity index (χ1v) is 26.6. The molecule has 5 rings (SSSR count). The maximum Gasteiger partial charge on any atom is 0.305 e. The van der Waals surface area contributed by atoms with E-state index < -0.39 is 30.7 Å². The van der Waals surface area contributed by atoms with Crippen LogP contribution in [0.1, 0.15) is 196 Å². The summed E-state index contributed by atoms with van der Waals surface area (Å²) < 4.78 is 18.1. The summed E-state index contributed by atoms with van der Waals surface area (Å²) in [5.41, 5.74) is 2.11. The molecule has 3 saturated carbocycles. The van der Waals surface area contributed by atoms with Gasteiger partial charge in [-0.3, -0.25) is 4.79 Å². The maximum absolute atomic E-state index is 12.7. The highest BCUT2D eigenvalue weighted by Crippen LogP contribution is 2.67. The summed E-state index contributed by atoms with van der Waals surface area (Å²) in [5, 5.41) is 32.6. The fourth-order valence-corrected chi connectivity index (χ4v) is 13.3. The number of fused-ring (bicyclic) bond motifs is 5. The molecular weight excluding hydrogens is 797 g/mol. The van der Waals surface area contributed by atoms with Crippen molar-refractivity contribution in [2.75, 3.05) is 6.61 Å². The van der Waals surface area contributed by atoms with E-state index >= 15 is 0 Å². The Kier molecular flexibility index (Phi) is 21.9. The molecule has 0 amide bonds. The van der Waals surface area contributed by atoms with Gasteiger partial charge >= 0.3 is 5.97 Å². The largest absolute Gasteiger partial charge is 0.463 e. The molecule has 0 radical (unpaired) electrons. The van der Waals surface area contributed by atoms with E-state index in [1.54, 1.807) is 0 Å². The highest BCUT2D eigenvalue weighted by Gasteiger charge is 2.59. The number of allylic oxidation sites excluding steroid dienone is 9.